The number of hydrogen-bond acceptors (Lipinski definition) is 4. The van der Waals surface area contributed by atoms with Gasteiger partial charge in [0.15, 0.2) is 0 Å². The number of hydrogen-bond donors (Lipinski definition) is 1. The van der Waals surface area contributed by atoms with Crippen molar-refractivity contribution in [2.24, 2.45) is 0 Å². The fourth-order valence-corrected chi connectivity index (χ4v) is 3.32. The van der Waals surface area contributed by atoms with E-state index in [1.807, 2.05) is 77.6 Å². The van der Waals surface area contributed by atoms with Crippen LogP contribution in [0.3, 0.4) is 0 Å². The summed E-state index contributed by atoms with van der Waals surface area (Å²) in [7, 11) is 0. The Labute approximate surface area is 204 Å². The van der Waals surface area contributed by atoms with Crippen LogP contribution in [0.2, 0.25) is 0 Å². The van der Waals surface area contributed by atoms with Crippen molar-refractivity contribution in [3.05, 3.63) is 35.4 Å². The van der Waals surface area contributed by atoms with Gasteiger partial charge in [-0.25, -0.2) is 0 Å². The first-order chi connectivity index (χ1) is 16.1. The topological polar surface area (TPSA) is 55.9 Å². The largest absolute Gasteiger partial charge is 0.352 e. The van der Waals surface area contributed by atoms with E-state index >= 15 is 0 Å². The monoisotopic (exact) mass is 464 g/mol. The van der Waals surface area contributed by atoms with Gasteiger partial charge in [-0.3, -0.25) is 14.5 Å². The average molecular weight is 465 g/mol. The van der Waals surface area contributed by atoms with E-state index in [4.69, 9.17) is 0 Å². The normalized spacial score (nSPS) is 13.0. The van der Waals surface area contributed by atoms with Gasteiger partial charge in [0.2, 0.25) is 5.91 Å². The molecular formula is C27H52N4O2. The third-order valence-corrected chi connectivity index (χ3v) is 5.27. The van der Waals surface area contributed by atoms with Crippen LogP contribution >= 0.6 is 0 Å². The van der Waals surface area contributed by atoms with Gasteiger partial charge in [-0.1, -0.05) is 74.4 Å². The molecule has 1 aliphatic rings. The minimum atomic E-state index is 0.0209. The lowest BCUT2D eigenvalue weighted by Crippen LogP contribution is -2.50. The third kappa shape index (κ3) is 13.4. The van der Waals surface area contributed by atoms with Crippen LogP contribution in [-0.4, -0.2) is 78.9 Å². The Kier molecular flexibility index (Phi) is 22.1. The summed E-state index contributed by atoms with van der Waals surface area (Å²) in [6.45, 7) is 26.4. The highest BCUT2D eigenvalue weighted by Gasteiger charge is 2.22. The van der Waals surface area contributed by atoms with Crippen molar-refractivity contribution in [1.82, 2.24) is 20.0 Å². The van der Waals surface area contributed by atoms with E-state index in [1.165, 1.54) is 0 Å². The second kappa shape index (κ2) is 21.9. The maximum absolute atomic E-state index is 12.8. The maximum Gasteiger partial charge on any atom is 0.253 e. The van der Waals surface area contributed by atoms with E-state index in [2.05, 4.69) is 29.0 Å². The Morgan fingerprint density at radius 3 is 2.00 bits per heavy atom. The standard InChI is InChI=1S/C21H34N4O2.3C2H6/c1-4-20(26)22-17-18-8-7-9-19(16-18)21(27)25-14-12-24(13-15-25)11-10-23(5-2)6-3;3*1-2/h7-9,16H,4-6,10-15,17H2,1-3H3,(H,22,26);3*1-2H3. The number of rotatable bonds is 9. The van der Waals surface area contributed by atoms with Crippen LogP contribution in [0.1, 0.15) is 84.7 Å². The van der Waals surface area contributed by atoms with E-state index in [0.29, 0.717) is 18.5 Å². The molecule has 33 heavy (non-hydrogen) atoms. The number of nitrogens with zero attached hydrogens (tertiary/aromatic N) is 3. The van der Waals surface area contributed by atoms with E-state index < -0.39 is 0 Å². The fraction of sp³-hybridized carbons (Fsp3) is 0.704. The number of piperazine rings is 1. The summed E-state index contributed by atoms with van der Waals surface area (Å²) in [5.74, 6) is 0.106. The molecule has 0 atom stereocenters. The van der Waals surface area contributed by atoms with Gasteiger partial charge in [0, 0.05) is 57.8 Å². The van der Waals surface area contributed by atoms with Crippen LogP contribution in [-0.2, 0) is 11.3 Å². The molecule has 192 valence electrons. The molecule has 1 heterocycles. The number of amides is 2. The van der Waals surface area contributed by atoms with Crippen molar-refractivity contribution in [2.75, 3.05) is 52.4 Å². The summed E-state index contributed by atoms with van der Waals surface area (Å²) in [5.41, 5.74) is 1.66. The molecule has 1 fully saturated rings. The first-order valence-corrected chi connectivity index (χ1v) is 13.2. The van der Waals surface area contributed by atoms with Gasteiger partial charge in [0.05, 0.1) is 0 Å². The number of carbonyl (C=O) groups excluding carboxylic acids is 2. The molecule has 0 bridgehead atoms. The summed E-state index contributed by atoms with van der Waals surface area (Å²) in [6, 6.07) is 7.59. The smallest absolute Gasteiger partial charge is 0.253 e. The van der Waals surface area contributed by atoms with Crippen LogP contribution in [0.15, 0.2) is 24.3 Å². The average Bonchev–Trinajstić information content (AvgIpc) is 2.91. The molecule has 1 N–H and O–H groups in total. The van der Waals surface area contributed by atoms with E-state index in [0.717, 1.165) is 57.9 Å². The minimum Gasteiger partial charge on any atom is -0.352 e. The summed E-state index contributed by atoms with van der Waals surface area (Å²) < 4.78 is 0. The van der Waals surface area contributed by atoms with Gasteiger partial charge < -0.3 is 15.1 Å². The molecule has 6 heteroatoms. The lowest BCUT2D eigenvalue weighted by atomic mass is 10.1. The first kappa shape index (κ1) is 33.3. The van der Waals surface area contributed by atoms with Crippen molar-refractivity contribution >= 4 is 11.8 Å². The first-order valence-electron chi connectivity index (χ1n) is 13.2. The Bertz CT molecular complexity index is 610. The molecule has 2 rings (SSSR count). The van der Waals surface area contributed by atoms with Gasteiger partial charge in [-0.05, 0) is 30.8 Å². The van der Waals surface area contributed by atoms with Crippen LogP contribution in [0.4, 0.5) is 0 Å². The Hall–Kier alpha value is -1.92. The van der Waals surface area contributed by atoms with Crippen molar-refractivity contribution in [1.29, 1.82) is 0 Å². The lowest BCUT2D eigenvalue weighted by molar-refractivity contribution is -0.120. The molecule has 0 unspecified atom stereocenters. The minimum absolute atomic E-state index is 0.0209. The molecule has 2 amide bonds. The molecule has 1 aliphatic heterocycles. The highest BCUT2D eigenvalue weighted by molar-refractivity contribution is 5.94. The number of likely N-dealkylation sites (N-methyl/N-ethyl adjacent to an activating group) is 1. The zero-order valence-electron chi connectivity index (χ0n) is 23.0. The summed E-state index contributed by atoms with van der Waals surface area (Å²) >= 11 is 0. The molecule has 0 aliphatic carbocycles. The van der Waals surface area contributed by atoms with E-state index in [-0.39, 0.29) is 11.8 Å². The number of benzene rings is 1. The molecule has 0 radical (unpaired) electrons. The Balaban J connectivity index is 0. The van der Waals surface area contributed by atoms with E-state index in [1.54, 1.807) is 0 Å². The molecule has 1 aromatic rings. The Morgan fingerprint density at radius 1 is 0.909 bits per heavy atom. The second-order valence-corrected chi connectivity index (χ2v) is 6.99. The van der Waals surface area contributed by atoms with Crippen LogP contribution in [0, 0.1) is 0 Å². The van der Waals surface area contributed by atoms with E-state index in [9.17, 15) is 9.59 Å². The van der Waals surface area contributed by atoms with Crippen LogP contribution in [0.5, 0.6) is 0 Å². The van der Waals surface area contributed by atoms with Crippen LogP contribution < -0.4 is 5.32 Å². The zero-order valence-corrected chi connectivity index (χ0v) is 23.0. The van der Waals surface area contributed by atoms with Crippen molar-refractivity contribution in [3.8, 4) is 0 Å². The van der Waals surface area contributed by atoms with Gasteiger partial charge >= 0.3 is 0 Å². The van der Waals surface area contributed by atoms with Crippen LogP contribution in [0.25, 0.3) is 0 Å². The third-order valence-electron chi connectivity index (χ3n) is 5.27. The number of carbonyl (C=O) groups is 2. The summed E-state index contributed by atoms with van der Waals surface area (Å²) in [5, 5.41) is 2.86. The quantitative estimate of drug-likeness (QED) is 0.565. The van der Waals surface area contributed by atoms with Crippen molar-refractivity contribution < 1.29 is 9.59 Å². The highest BCUT2D eigenvalue weighted by atomic mass is 16.2. The Morgan fingerprint density at radius 2 is 1.48 bits per heavy atom. The molecule has 1 aromatic carbocycles. The molecule has 0 aromatic heterocycles. The maximum atomic E-state index is 12.8. The van der Waals surface area contributed by atoms with Crippen molar-refractivity contribution in [3.63, 3.8) is 0 Å². The second-order valence-electron chi connectivity index (χ2n) is 6.99. The molecule has 6 nitrogen and oxygen atoms in total. The molecule has 0 spiro atoms. The summed E-state index contributed by atoms with van der Waals surface area (Å²) in [6.07, 6.45) is 0.469. The molecular weight excluding hydrogens is 412 g/mol. The van der Waals surface area contributed by atoms with Crippen molar-refractivity contribution in [2.45, 2.75) is 75.3 Å². The fourth-order valence-electron chi connectivity index (χ4n) is 3.32. The van der Waals surface area contributed by atoms with Gasteiger partial charge in [-0.15, -0.1) is 0 Å². The molecule has 1 saturated heterocycles. The lowest BCUT2D eigenvalue weighted by Gasteiger charge is -2.35. The van der Waals surface area contributed by atoms with Gasteiger partial charge in [0.1, 0.15) is 0 Å². The highest BCUT2D eigenvalue weighted by Crippen LogP contribution is 2.11. The number of nitrogens with one attached hydrogen (secondary N) is 1. The predicted octanol–water partition coefficient (Wildman–Crippen LogP) is 4.89. The summed E-state index contributed by atoms with van der Waals surface area (Å²) in [4.78, 5) is 31.1. The van der Waals surface area contributed by atoms with Gasteiger partial charge in [0.25, 0.3) is 5.91 Å². The predicted molar refractivity (Wildman–Crippen MR) is 143 cm³/mol. The molecule has 0 saturated carbocycles. The van der Waals surface area contributed by atoms with Gasteiger partial charge in [-0.2, -0.15) is 0 Å². The SMILES string of the molecule is CC.CC.CC.CCC(=O)NCc1cccc(C(=O)N2CCN(CCN(CC)CC)CC2)c1. The zero-order chi connectivity index (χ0) is 25.6.